The maximum atomic E-state index is 14.0. The Morgan fingerprint density at radius 2 is 1.96 bits per heavy atom. The number of hydrogen-bond donors (Lipinski definition) is 1. The van der Waals surface area contributed by atoms with Crippen LogP contribution in [0.15, 0.2) is 18.2 Å². The normalized spacial score (nSPS) is 17.1. The van der Waals surface area contributed by atoms with Crippen LogP contribution in [0.2, 0.25) is 0 Å². The molecule has 1 aromatic carbocycles. The number of nitrogens with zero attached hydrogens (tertiary/aromatic N) is 1. The molecule has 23 heavy (non-hydrogen) atoms. The lowest BCUT2D eigenvalue weighted by Crippen LogP contribution is -2.40. The molecule has 1 aromatic rings. The predicted octanol–water partition coefficient (Wildman–Crippen LogP) is 2.50. The fourth-order valence-electron chi connectivity index (χ4n) is 2.35. The average molecular weight is 326 g/mol. The first-order valence-corrected chi connectivity index (χ1v) is 7.89. The Morgan fingerprint density at radius 1 is 1.35 bits per heavy atom. The summed E-state index contributed by atoms with van der Waals surface area (Å²) in [5, 5.41) is 2.72. The molecule has 0 bridgehead atoms. The van der Waals surface area contributed by atoms with E-state index in [-0.39, 0.29) is 18.0 Å². The largest absolute Gasteiger partial charge is 0.368 e. The number of benzene rings is 1. The van der Waals surface area contributed by atoms with Gasteiger partial charge in [-0.05, 0) is 51.9 Å². The zero-order valence-corrected chi connectivity index (χ0v) is 13.8. The molecule has 2 atom stereocenters. The minimum absolute atomic E-state index is 0.0376. The van der Waals surface area contributed by atoms with Gasteiger partial charge in [-0.1, -0.05) is 6.07 Å². The van der Waals surface area contributed by atoms with Gasteiger partial charge in [0, 0.05) is 12.1 Å². The van der Waals surface area contributed by atoms with E-state index in [1.54, 1.807) is 25.9 Å². The Balaban J connectivity index is 1.95. The van der Waals surface area contributed by atoms with Crippen LogP contribution in [0.4, 0.5) is 8.78 Å². The van der Waals surface area contributed by atoms with Crippen molar-refractivity contribution >= 4 is 5.91 Å². The van der Waals surface area contributed by atoms with Crippen molar-refractivity contribution in [1.82, 2.24) is 10.2 Å². The lowest BCUT2D eigenvalue weighted by molar-refractivity contribution is -0.132. The molecule has 0 heterocycles. The number of amides is 1. The third-order valence-electron chi connectivity index (χ3n) is 4.07. The van der Waals surface area contributed by atoms with Crippen molar-refractivity contribution in [2.45, 2.75) is 31.9 Å². The number of rotatable bonds is 8. The SMILES string of the molecule is C[C@@H](OCC1CC1)C(=O)NC[C@@H](c1c(F)cccc1F)N(C)C. The van der Waals surface area contributed by atoms with Crippen molar-refractivity contribution in [3.63, 3.8) is 0 Å². The van der Waals surface area contributed by atoms with E-state index in [0.29, 0.717) is 12.5 Å². The summed E-state index contributed by atoms with van der Waals surface area (Å²) >= 11 is 0. The maximum Gasteiger partial charge on any atom is 0.248 e. The summed E-state index contributed by atoms with van der Waals surface area (Å²) in [6, 6.07) is 3.18. The van der Waals surface area contributed by atoms with Crippen LogP contribution < -0.4 is 5.32 Å². The van der Waals surface area contributed by atoms with Gasteiger partial charge in [0.25, 0.3) is 0 Å². The van der Waals surface area contributed by atoms with Gasteiger partial charge in [0.2, 0.25) is 5.91 Å². The van der Waals surface area contributed by atoms with E-state index >= 15 is 0 Å². The van der Waals surface area contributed by atoms with Crippen molar-refractivity contribution in [2.24, 2.45) is 5.92 Å². The first kappa shape index (κ1) is 17.8. The number of hydrogen-bond acceptors (Lipinski definition) is 3. The van der Waals surface area contributed by atoms with Gasteiger partial charge in [0.15, 0.2) is 0 Å². The summed E-state index contributed by atoms with van der Waals surface area (Å²) in [5.41, 5.74) is -0.0376. The number of likely N-dealkylation sites (N-methyl/N-ethyl adjacent to an activating group) is 1. The van der Waals surface area contributed by atoms with Gasteiger partial charge >= 0.3 is 0 Å². The second-order valence-corrected chi connectivity index (χ2v) is 6.28. The number of halogens is 2. The Morgan fingerprint density at radius 3 is 2.48 bits per heavy atom. The van der Waals surface area contributed by atoms with Crippen molar-refractivity contribution in [3.8, 4) is 0 Å². The van der Waals surface area contributed by atoms with Crippen LogP contribution in [0.25, 0.3) is 0 Å². The van der Waals surface area contributed by atoms with Gasteiger partial charge < -0.3 is 15.0 Å². The molecular weight excluding hydrogens is 302 g/mol. The maximum absolute atomic E-state index is 14.0. The molecule has 1 aliphatic rings. The van der Waals surface area contributed by atoms with E-state index in [4.69, 9.17) is 4.74 Å². The van der Waals surface area contributed by atoms with Gasteiger partial charge in [-0.3, -0.25) is 4.79 Å². The molecule has 0 unspecified atom stereocenters. The molecule has 1 fully saturated rings. The lowest BCUT2D eigenvalue weighted by atomic mass is 10.0. The van der Waals surface area contributed by atoms with Gasteiger partial charge in [0.05, 0.1) is 12.6 Å². The van der Waals surface area contributed by atoms with Crippen LogP contribution in [-0.2, 0) is 9.53 Å². The minimum atomic E-state index is -0.615. The number of carbonyl (C=O) groups excluding carboxylic acids is 1. The summed E-state index contributed by atoms with van der Waals surface area (Å²) in [7, 11) is 3.44. The van der Waals surface area contributed by atoms with E-state index < -0.39 is 23.8 Å². The third-order valence-corrected chi connectivity index (χ3v) is 4.07. The van der Waals surface area contributed by atoms with E-state index in [1.165, 1.54) is 18.2 Å². The van der Waals surface area contributed by atoms with Crippen LogP contribution in [0.1, 0.15) is 31.4 Å². The molecular formula is C17H24F2N2O2. The molecule has 6 heteroatoms. The molecule has 2 rings (SSSR count). The molecule has 128 valence electrons. The van der Waals surface area contributed by atoms with E-state index in [0.717, 1.165) is 12.8 Å². The standard InChI is InChI=1S/C17H24F2N2O2/c1-11(23-10-12-7-8-12)17(22)20-9-15(21(2)3)16-13(18)5-4-6-14(16)19/h4-6,11-12,15H,7-10H2,1-3H3,(H,20,22)/t11-,15+/m1/s1. The van der Waals surface area contributed by atoms with Crippen LogP contribution >= 0.6 is 0 Å². The van der Waals surface area contributed by atoms with Crippen LogP contribution in [0, 0.1) is 17.6 Å². The van der Waals surface area contributed by atoms with Crippen LogP contribution in [0.3, 0.4) is 0 Å². The first-order chi connectivity index (χ1) is 10.9. The Labute approximate surface area is 135 Å². The molecule has 1 saturated carbocycles. The number of carbonyl (C=O) groups is 1. The third kappa shape index (κ3) is 4.97. The highest BCUT2D eigenvalue weighted by Crippen LogP contribution is 2.29. The summed E-state index contributed by atoms with van der Waals surface area (Å²) in [6.45, 7) is 2.39. The quantitative estimate of drug-likeness (QED) is 0.798. The zero-order chi connectivity index (χ0) is 17.0. The average Bonchev–Trinajstić information content (AvgIpc) is 3.31. The molecule has 0 radical (unpaired) electrons. The summed E-state index contributed by atoms with van der Waals surface area (Å²) in [5.74, 6) is -0.923. The number of ether oxygens (including phenoxy) is 1. The smallest absolute Gasteiger partial charge is 0.248 e. The molecule has 4 nitrogen and oxygen atoms in total. The topological polar surface area (TPSA) is 41.6 Å². The summed E-state index contributed by atoms with van der Waals surface area (Å²) in [6.07, 6.45) is 1.75. The van der Waals surface area contributed by atoms with Crippen molar-refractivity contribution < 1.29 is 18.3 Å². The Kier molecular flexibility index (Phi) is 6.07. The minimum Gasteiger partial charge on any atom is -0.368 e. The molecule has 0 aromatic heterocycles. The predicted molar refractivity (Wildman–Crippen MR) is 83.9 cm³/mol. The molecule has 1 amide bonds. The molecule has 0 aliphatic heterocycles. The van der Waals surface area contributed by atoms with Gasteiger partial charge in [0.1, 0.15) is 17.7 Å². The lowest BCUT2D eigenvalue weighted by Gasteiger charge is -2.26. The fourth-order valence-corrected chi connectivity index (χ4v) is 2.35. The van der Waals surface area contributed by atoms with E-state index in [9.17, 15) is 13.6 Å². The molecule has 1 N–H and O–H groups in total. The highest BCUT2D eigenvalue weighted by Gasteiger charge is 2.26. The second-order valence-electron chi connectivity index (χ2n) is 6.28. The van der Waals surface area contributed by atoms with Crippen LogP contribution in [0.5, 0.6) is 0 Å². The van der Waals surface area contributed by atoms with Crippen molar-refractivity contribution in [2.75, 3.05) is 27.2 Å². The second kappa shape index (κ2) is 7.84. The van der Waals surface area contributed by atoms with Crippen molar-refractivity contribution in [3.05, 3.63) is 35.4 Å². The fraction of sp³-hybridized carbons (Fsp3) is 0.588. The highest BCUT2D eigenvalue weighted by atomic mass is 19.1. The zero-order valence-electron chi connectivity index (χ0n) is 13.8. The van der Waals surface area contributed by atoms with Crippen LogP contribution in [-0.4, -0.2) is 44.2 Å². The summed E-state index contributed by atoms with van der Waals surface area (Å²) < 4.78 is 33.4. The Hall–Kier alpha value is -1.53. The first-order valence-electron chi connectivity index (χ1n) is 7.89. The van der Waals surface area contributed by atoms with Gasteiger partial charge in [-0.15, -0.1) is 0 Å². The van der Waals surface area contributed by atoms with E-state index in [1.807, 2.05) is 0 Å². The molecule has 0 saturated heterocycles. The van der Waals surface area contributed by atoms with E-state index in [2.05, 4.69) is 5.32 Å². The highest BCUT2D eigenvalue weighted by molar-refractivity contribution is 5.80. The Bertz CT molecular complexity index is 527. The van der Waals surface area contributed by atoms with Gasteiger partial charge in [-0.2, -0.15) is 0 Å². The summed E-state index contributed by atoms with van der Waals surface area (Å²) in [4.78, 5) is 13.7. The van der Waals surface area contributed by atoms with Crippen molar-refractivity contribution in [1.29, 1.82) is 0 Å². The monoisotopic (exact) mass is 326 g/mol. The molecule has 1 aliphatic carbocycles. The molecule has 0 spiro atoms. The number of nitrogens with one attached hydrogen (secondary N) is 1. The van der Waals surface area contributed by atoms with Gasteiger partial charge in [-0.25, -0.2) is 8.78 Å².